The first-order valence-electron chi connectivity index (χ1n) is 5.94. The molecule has 0 N–H and O–H groups in total. The molecule has 0 radical (unpaired) electrons. The molecule has 3 rings (SSSR count). The molecule has 1 aromatic rings. The molecule has 0 spiro atoms. The SMILES string of the molecule is O=C1OC2=C(CCCC2)C(I)c2ccccc21. The van der Waals surface area contributed by atoms with E-state index in [1.807, 2.05) is 24.3 Å². The summed E-state index contributed by atoms with van der Waals surface area (Å²) in [6.07, 6.45) is 4.31. The van der Waals surface area contributed by atoms with Crippen LogP contribution in [0.1, 0.15) is 45.5 Å². The first-order valence-corrected chi connectivity index (χ1v) is 7.19. The number of hydrogen-bond acceptors (Lipinski definition) is 2. The van der Waals surface area contributed by atoms with Gasteiger partial charge in [-0.3, -0.25) is 0 Å². The Labute approximate surface area is 114 Å². The van der Waals surface area contributed by atoms with Gasteiger partial charge in [-0.1, -0.05) is 40.8 Å². The number of alkyl halides is 1. The summed E-state index contributed by atoms with van der Waals surface area (Å²) < 4.78 is 5.83. The molecule has 2 nitrogen and oxygen atoms in total. The van der Waals surface area contributed by atoms with Gasteiger partial charge < -0.3 is 4.74 Å². The molecule has 1 heterocycles. The summed E-state index contributed by atoms with van der Waals surface area (Å²) in [5.74, 6) is 0.742. The summed E-state index contributed by atoms with van der Waals surface area (Å²) in [4.78, 5) is 12.0. The Hall–Kier alpha value is -0.840. The van der Waals surface area contributed by atoms with E-state index in [4.69, 9.17) is 4.74 Å². The zero-order chi connectivity index (χ0) is 11.8. The number of halogens is 1. The molecular formula is C14H13IO2. The molecule has 3 heteroatoms. The molecule has 1 atom stereocenters. The lowest BCUT2D eigenvalue weighted by Gasteiger charge is -2.20. The van der Waals surface area contributed by atoms with Crippen LogP contribution in [0.15, 0.2) is 35.6 Å². The topological polar surface area (TPSA) is 26.3 Å². The molecule has 1 aliphatic carbocycles. The third-order valence-electron chi connectivity index (χ3n) is 3.43. The van der Waals surface area contributed by atoms with Crippen LogP contribution >= 0.6 is 22.6 Å². The first kappa shape index (κ1) is 11.3. The van der Waals surface area contributed by atoms with Crippen molar-refractivity contribution >= 4 is 28.6 Å². The van der Waals surface area contributed by atoms with Crippen LogP contribution in [0.25, 0.3) is 0 Å². The molecule has 0 aromatic heterocycles. The highest BCUT2D eigenvalue weighted by atomic mass is 127. The molecule has 0 amide bonds. The molecule has 0 saturated carbocycles. The highest BCUT2D eigenvalue weighted by Crippen LogP contribution is 2.43. The second-order valence-electron chi connectivity index (χ2n) is 4.49. The van der Waals surface area contributed by atoms with Crippen LogP contribution in [-0.4, -0.2) is 5.97 Å². The Morgan fingerprint density at radius 2 is 1.94 bits per heavy atom. The Bertz CT molecular complexity index is 505. The van der Waals surface area contributed by atoms with Crippen molar-refractivity contribution in [3.05, 3.63) is 46.7 Å². The van der Waals surface area contributed by atoms with Crippen molar-refractivity contribution in [1.29, 1.82) is 0 Å². The molecule has 0 fully saturated rings. The molecule has 1 aromatic carbocycles. The highest BCUT2D eigenvalue weighted by Gasteiger charge is 2.30. The second-order valence-corrected chi connectivity index (χ2v) is 5.74. The Morgan fingerprint density at radius 3 is 2.82 bits per heavy atom. The van der Waals surface area contributed by atoms with E-state index < -0.39 is 0 Å². The zero-order valence-electron chi connectivity index (χ0n) is 9.41. The number of allylic oxidation sites excluding steroid dienone is 2. The second kappa shape index (κ2) is 4.44. The molecule has 0 bridgehead atoms. The smallest absolute Gasteiger partial charge is 0.343 e. The summed E-state index contributed by atoms with van der Waals surface area (Å²) in [5.41, 5.74) is 3.14. The summed E-state index contributed by atoms with van der Waals surface area (Å²) in [5, 5.41) is 0. The van der Waals surface area contributed by atoms with Crippen LogP contribution in [-0.2, 0) is 4.74 Å². The molecule has 88 valence electrons. The van der Waals surface area contributed by atoms with Crippen molar-refractivity contribution in [2.24, 2.45) is 0 Å². The normalized spacial score (nSPS) is 23.6. The molecule has 2 aliphatic rings. The van der Waals surface area contributed by atoms with Gasteiger partial charge in [-0.15, -0.1) is 0 Å². The molecule has 1 unspecified atom stereocenters. The maximum Gasteiger partial charge on any atom is 0.343 e. The molecule has 17 heavy (non-hydrogen) atoms. The van der Waals surface area contributed by atoms with Gasteiger partial charge in [0.1, 0.15) is 5.76 Å². The number of carbonyl (C=O) groups excluding carboxylic acids is 1. The monoisotopic (exact) mass is 340 g/mol. The van der Waals surface area contributed by atoms with Crippen molar-refractivity contribution < 1.29 is 9.53 Å². The lowest BCUT2D eigenvalue weighted by atomic mass is 9.92. The van der Waals surface area contributed by atoms with E-state index in [0.717, 1.165) is 36.1 Å². The summed E-state index contributed by atoms with van der Waals surface area (Å²) in [7, 11) is 0. The van der Waals surface area contributed by atoms with Crippen LogP contribution in [0.4, 0.5) is 0 Å². The summed E-state index contributed by atoms with van der Waals surface area (Å²) in [6.45, 7) is 0. The lowest BCUT2D eigenvalue weighted by molar-refractivity contribution is 0.0608. The number of rotatable bonds is 0. The van der Waals surface area contributed by atoms with Gasteiger partial charge in [-0.25, -0.2) is 4.79 Å². The van der Waals surface area contributed by atoms with Crippen molar-refractivity contribution in [1.82, 2.24) is 0 Å². The maximum absolute atomic E-state index is 12.0. The standard InChI is InChI=1S/C14H13IO2/c15-13-9-5-1-2-6-10(9)14(16)17-12-8-4-3-7-11(12)13/h1-2,5-6,13H,3-4,7-8H2. The molecule has 1 aliphatic heterocycles. The van der Waals surface area contributed by atoms with Gasteiger partial charge >= 0.3 is 5.97 Å². The fourth-order valence-electron chi connectivity index (χ4n) is 2.54. The minimum absolute atomic E-state index is 0.186. The van der Waals surface area contributed by atoms with Crippen LogP contribution in [0.3, 0.4) is 0 Å². The minimum atomic E-state index is -0.186. The van der Waals surface area contributed by atoms with Gasteiger partial charge in [0.05, 0.1) is 9.49 Å². The van der Waals surface area contributed by atoms with E-state index in [1.54, 1.807) is 0 Å². The predicted octanol–water partition coefficient (Wildman–Crippen LogP) is 4.16. The third-order valence-corrected chi connectivity index (χ3v) is 4.86. The van der Waals surface area contributed by atoms with Crippen molar-refractivity contribution in [2.45, 2.75) is 29.6 Å². The van der Waals surface area contributed by atoms with Crippen LogP contribution < -0.4 is 0 Å². The van der Waals surface area contributed by atoms with Crippen molar-refractivity contribution in [3.63, 3.8) is 0 Å². The van der Waals surface area contributed by atoms with Gasteiger partial charge in [0.25, 0.3) is 0 Å². The minimum Gasteiger partial charge on any atom is -0.427 e. The number of hydrogen-bond donors (Lipinski definition) is 0. The van der Waals surface area contributed by atoms with Gasteiger partial charge in [0, 0.05) is 6.42 Å². The number of fused-ring (bicyclic) bond motifs is 1. The average Bonchev–Trinajstić information content (AvgIpc) is 2.48. The van der Waals surface area contributed by atoms with E-state index in [9.17, 15) is 4.79 Å². The molecule has 0 saturated heterocycles. The fraction of sp³-hybridized carbons (Fsp3) is 0.357. The number of benzene rings is 1. The van der Waals surface area contributed by atoms with Crippen molar-refractivity contribution in [2.75, 3.05) is 0 Å². The Balaban J connectivity index is 2.14. The van der Waals surface area contributed by atoms with E-state index in [2.05, 4.69) is 22.6 Å². The van der Waals surface area contributed by atoms with Crippen LogP contribution in [0, 0.1) is 0 Å². The first-order chi connectivity index (χ1) is 8.27. The molecular weight excluding hydrogens is 327 g/mol. The third kappa shape index (κ3) is 1.90. The maximum atomic E-state index is 12.0. The fourth-order valence-corrected chi connectivity index (χ4v) is 3.75. The Morgan fingerprint density at radius 1 is 1.18 bits per heavy atom. The number of esters is 1. The van der Waals surface area contributed by atoms with Gasteiger partial charge in [0.2, 0.25) is 0 Å². The summed E-state index contributed by atoms with van der Waals surface area (Å²) in [6, 6.07) is 7.79. The van der Waals surface area contributed by atoms with E-state index in [-0.39, 0.29) is 9.89 Å². The average molecular weight is 340 g/mol. The largest absolute Gasteiger partial charge is 0.427 e. The van der Waals surface area contributed by atoms with Crippen LogP contribution in [0.2, 0.25) is 0 Å². The lowest BCUT2D eigenvalue weighted by Crippen LogP contribution is -2.07. The highest BCUT2D eigenvalue weighted by molar-refractivity contribution is 14.1. The van der Waals surface area contributed by atoms with Gasteiger partial charge in [-0.05, 0) is 36.5 Å². The Kier molecular flexibility index (Phi) is 2.94. The number of ether oxygens (including phenoxy) is 1. The summed E-state index contributed by atoms with van der Waals surface area (Å²) >= 11 is 2.43. The van der Waals surface area contributed by atoms with Crippen LogP contribution in [0.5, 0.6) is 0 Å². The van der Waals surface area contributed by atoms with E-state index in [1.165, 1.54) is 12.0 Å². The quantitative estimate of drug-likeness (QED) is 0.403. The zero-order valence-corrected chi connectivity index (χ0v) is 11.6. The van der Waals surface area contributed by atoms with E-state index in [0.29, 0.717) is 0 Å². The number of carbonyl (C=O) groups is 1. The van der Waals surface area contributed by atoms with Gasteiger partial charge in [0.15, 0.2) is 0 Å². The van der Waals surface area contributed by atoms with E-state index >= 15 is 0 Å². The predicted molar refractivity (Wildman–Crippen MR) is 74.1 cm³/mol. The van der Waals surface area contributed by atoms with Crippen molar-refractivity contribution in [3.8, 4) is 0 Å². The van der Waals surface area contributed by atoms with Gasteiger partial charge in [-0.2, -0.15) is 0 Å².